The zero-order valence-electron chi connectivity index (χ0n) is 10.1. The predicted molar refractivity (Wildman–Crippen MR) is 72.4 cm³/mol. The minimum absolute atomic E-state index is 0.0858. The highest BCUT2D eigenvalue weighted by atomic mass is 79.9. The highest BCUT2D eigenvalue weighted by Crippen LogP contribution is 2.27. The SMILES string of the molecule is CC(CN(C)C)Nc1ccc([N+](=O)[O-])cc1Br. The van der Waals surface area contributed by atoms with Crippen LogP contribution in [0.1, 0.15) is 6.92 Å². The molecular weight excluding hydrogens is 286 g/mol. The van der Waals surface area contributed by atoms with Crippen molar-refractivity contribution in [3.8, 4) is 0 Å². The van der Waals surface area contributed by atoms with Crippen LogP contribution >= 0.6 is 15.9 Å². The van der Waals surface area contributed by atoms with Gasteiger partial charge >= 0.3 is 0 Å². The number of rotatable bonds is 5. The van der Waals surface area contributed by atoms with Crippen LogP contribution in [0.3, 0.4) is 0 Å². The van der Waals surface area contributed by atoms with Crippen LogP contribution in [0.25, 0.3) is 0 Å². The summed E-state index contributed by atoms with van der Waals surface area (Å²) in [6, 6.07) is 4.98. The van der Waals surface area contributed by atoms with E-state index in [1.165, 1.54) is 12.1 Å². The molecule has 0 aliphatic carbocycles. The smallest absolute Gasteiger partial charge is 0.270 e. The van der Waals surface area contributed by atoms with E-state index in [1.54, 1.807) is 6.07 Å². The zero-order valence-corrected chi connectivity index (χ0v) is 11.7. The van der Waals surface area contributed by atoms with Crippen molar-refractivity contribution in [1.82, 2.24) is 4.90 Å². The summed E-state index contributed by atoms with van der Waals surface area (Å²) in [5.41, 5.74) is 0.952. The van der Waals surface area contributed by atoms with E-state index < -0.39 is 4.92 Å². The van der Waals surface area contributed by atoms with Gasteiger partial charge in [0.15, 0.2) is 0 Å². The van der Waals surface area contributed by atoms with Crippen LogP contribution in [0, 0.1) is 10.1 Å². The van der Waals surface area contributed by atoms with Gasteiger partial charge in [-0.2, -0.15) is 0 Å². The molecule has 0 aromatic heterocycles. The van der Waals surface area contributed by atoms with Gasteiger partial charge in [-0.25, -0.2) is 0 Å². The molecule has 0 spiro atoms. The van der Waals surface area contributed by atoms with Crippen molar-refractivity contribution in [3.63, 3.8) is 0 Å². The number of nitro groups is 1. The number of nitro benzene ring substituents is 1. The summed E-state index contributed by atoms with van der Waals surface area (Å²) in [7, 11) is 4.01. The first-order valence-electron chi connectivity index (χ1n) is 5.25. The lowest BCUT2D eigenvalue weighted by molar-refractivity contribution is -0.384. The second kappa shape index (κ2) is 5.97. The number of halogens is 1. The van der Waals surface area contributed by atoms with Crippen molar-refractivity contribution < 1.29 is 4.92 Å². The minimum atomic E-state index is -0.405. The number of nitrogens with one attached hydrogen (secondary N) is 1. The molecule has 0 saturated heterocycles. The minimum Gasteiger partial charge on any atom is -0.380 e. The normalized spacial score (nSPS) is 12.5. The molecule has 17 heavy (non-hydrogen) atoms. The van der Waals surface area contributed by atoms with E-state index in [4.69, 9.17) is 0 Å². The lowest BCUT2D eigenvalue weighted by Gasteiger charge is -2.20. The van der Waals surface area contributed by atoms with Crippen LogP contribution in [0.4, 0.5) is 11.4 Å². The molecule has 94 valence electrons. The maximum atomic E-state index is 10.6. The highest BCUT2D eigenvalue weighted by Gasteiger charge is 2.11. The standard InChI is InChI=1S/C11H16BrN3O2/c1-8(7-14(2)3)13-11-5-4-9(15(16)17)6-10(11)12/h4-6,8,13H,7H2,1-3H3. The van der Waals surface area contributed by atoms with Crippen molar-refractivity contribution in [2.24, 2.45) is 0 Å². The van der Waals surface area contributed by atoms with Crippen molar-refractivity contribution in [2.45, 2.75) is 13.0 Å². The Kier molecular flexibility index (Phi) is 4.89. The number of hydrogen-bond acceptors (Lipinski definition) is 4. The summed E-state index contributed by atoms with van der Waals surface area (Å²) in [4.78, 5) is 12.3. The van der Waals surface area contributed by atoms with Crippen molar-refractivity contribution in [3.05, 3.63) is 32.8 Å². The number of non-ortho nitro benzene ring substituents is 1. The van der Waals surface area contributed by atoms with E-state index in [2.05, 4.69) is 33.1 Å². The molecule has 5 nitrogen and oxygen atoms in total. The number of hydrogen-bond donors (Lipinski definition) is 1. The van der Waals surface area contributed by atoms with Crippen LogP contribution in [0.2, 0.25) is 0 Å². The quantitative estimate of drug-likeness (QED) is 0.671. The molecule has 1 unspecified atom stereocenters. The van der Waals surface area contributed by atoms with Gasteiger partial charge in [-0.15, -0.1) is 0 Å². The third-order valence-electron chi connectivity index (χ3n) is 2.20. The van der Waals surface area contributed by atoms with E-state index in [9.17, 15) is 10.1 Å². The molecule has 0 aliphatic rings. The monoisotopic (exact) mass is 301 g/mol. The summed E-state index contributed by atoms with van der Waals surface area (Å²) in [6.45, 7) is 2.96. The Balaban J connectivity index is 2.75. The van der Waals surface area contributed by atoms with Gasteiger partial charge in [0.25, 0.3) is 5.69 Å². The molecule has 6 heteroatoms. The van der Waals surface area contributed by atoms with Crippen LogP contribution in [0.5, 0.6) is 0 Å². The molecule has 0 bridgehead atoms. The fourth-order valence-corrected chi connectivity index (χ4v) is 2.07. The Morgan fingerprint density at radius 2 is 2.18 bits per heavy atom. The van der Waals surface area contributed by atoms with Gasteiger partial charge in [0.1, 0.15) is 0 Å². The van der Waals surface area contributed by atoms with Gasteiger partial charge in [-0.3, -0.25) is 10.1 Å². The van der Waals surface area contributed by atoms with Gasteiger partial charge in [-0.1, -0.05) is 0 Å². The Labute approximate surface area is 109 Å². The fraction of sp³-hybridized carbons (Fsp3) is 0.455. The predicted octanol–water partition coefficient (Wildman–Crippen LogP) is 2.72. The topological polar surface area (TPSA) is 58.4 Å². The van der Waals surface area contributed by atoms with Crippen LogP contribution in [-0.2, 0) is 0 Å². The van der Waals surface area contributed by atoms with Gasteiger partial charge in [0.2, 0.25) is 0 Å². The lowest BCUT2D eigenvalue weighted by atomic mass is 10.2. The van der Waals surface area contributed by atoms with Crippen LogP contribution < -0.4 is 5.32 Å². The average Bonchev–Trinajstić information content (AvgIpc) is 2.19. The number of nitrogens with zero attached hydrogens (tertiary/aromatic N) is 2. The van der Waals surface area contributed by atoms with E-state index in [1.807, 2.05) is 14.1 Å². The molecule has 0 aliphatic heterocycles. The first kappa shape index (κ1) is 13.9. The molecular formula is C11H16BrN3O2. The Morgan fingerprint density at radius 3 is 2.65 bits per heavy atom. The maximum Gasteiger partial charge on any atom is 0.270 e. The van der Waals surface area contributed by atoms with E-state index in [0.717, 1.165) is 12.2 Å². The second-order valence-electron chi connectivity index (χ2n) is 4.23. The lowest BCUT2D eigenvalue weighted by Crippen LogP contribution is -2.29. The van der Waals surface area contributed by atoms with E-state index >= 15 is 0 Å². The molecule has 0 fully saturated rings. The summed E-state index contributed by atoms with van der Waals surface area (Å²) in [5, 5.41) is 13.9. The summed E-state index contributed by atoms with van der Waals surface area (Å²) >= 11 is 3.33. The molecule has 0 saturated carbocycles. The van der Waals surface area contributed by atoms with Crippen molar-refractivity contribution >= 4 is 27.3 Å². The Morgan fingerprint density at radius 1 is 1.53 bits per heavy atom. The zero-order chi connectivity index (χ0) is 13.0. The molecule has 1 aromatic rings. The van der Waals surface area contributed by atoms with Gasteiger partial charge in [-0.05, 0) is 43.0 Å². The maximum absolute atomic E-state index is 10.6. The number of likely N-dealkylation sites (N-methyl/N-ethyl adjacent to an activating group) is 1. The first-order chi connectivity index (χ1) is 7.90. The molecule has 0 radical (unpaired) electrons. The molecule has 1 rings (SSSR count). The molecule has 1 atom stereocenters. The largest absolute Gasteiger partial charge is 0.380 e. The van der Waals surface area contributed by atoms with E-state index in [-0.39, 0.29) is 11.7 Å². The van der Waals surface area contributed by atoms with Crippen LogP contribution in [0.15, 0.2) is 22.7 Å². The molecule has 1 N–H and O–H groups in total. The van der Waals surface area contributed by atoms with Crippen molar-refractivity contribution in [1.29, 1.82) is 0 Å². The third kappa shape index (κ3) is 4.32. The van der Waals surface area contributed by atoms with Gasteiger partial charge in [0.05, 0.1) is 4.92 Å². The molecule has 1 aromatic carbocycles. The third-order valence-corrected chi connectivity index (χ3v) is 2.86. The highest BCUT2D eigenvalue weighted by molar-refractivity contribution is 9.10. The van der Waals surface area contributed by atoms with Gasteiger partial charge < -0.3 is 10.2 Å². The summed E-state index contributed by atoms with van der Waals surface area (Å²) in [6.07, 6.45) is 0. The average molecular weight is 302 g/mol. The summed E-state index contributed by atoms with van der Waals surface area (Å²) in [5.74, 6) is 0. The number of anilines is 1. The fourth-order valence-electron chi connectivity index (χ4n) is 1.59. The van der Waals surface area contributed by atoms with Crippen molar-refractivity contribution in [2.75, 3.05) is 26.0 Å². The second-order valence-corrected chi connectivity index (χ2v) is 5.08. The Bertz CT molecular complexity index is 410. The molecule has 0 amide bonds. The van der Waals surface area contributed by atoms with Crippen LogP contribution in [-0.4, -0.2) is 36.5 Å². The Hall–Kier alpha value is -1.14. The first-order valence-corrected chi connectivity index (χ1v) is 6.04. The molecule has 0 heterocycles. The van der Waals surface area contributed by atoms with E-state index in [0.29, 0.717) is 4.47 Å². The number of benzene rings is 1. The van der Waals surface area contributed by atoms with Gasteiger partial charge in [0, 0.05) is 34.9 Å². The summed E-state index contributed by atoms with van der Waals surface area (Å²) < 4.78 is 0.706.